The molecule has 18 heavy (non-hydrogen) atoms. The molecule has 2 amide bonds. The summed E-state index contributed by atoms with van der Waals surface area (Å²) in [4.78, 5) is 24.8. The standard InChI is InChI=1S/C12H20N2O4/c1-13-8-7-10(14(17)12(13)16)18-11(15)9-5-3-2-4-6-9/h9-10,17H,2-8H2,1H3. The van der Waals surface area contributed by atoms with Gasteiger partial charge in [-0.3, -0.25) is 10.0 Å². The number of urea groups is 1. The molecule has 0 aromatic heterocycles. The van der Waals surface area contributed by atoms with Gasteiger partial charge in [0.1, 0.15) is 0 Å². The Labute approximate surface area is 106 Å². The molecular formula is C12H20N2O4. The van der Waals surface area contributed by atoms with E-state index in [0.717, 1.165) is 25.7 Å². The maximum atomic E-state index is 11.9. The summed E-state index contributed by atoms with van der Waals surface area (Å²) in [6.07, 6.45) is 4.59. The van der Waals surface area contributed by atoms with Crippen molar-refractivity contribution >= 4 is 12.0 Å². The lowest BCUT2D eigenvalue weighted by Gasteiger charge is -2.35. The SMILES string of the molecule is CN1CCC(OC(=O)C2CCCCC2)N(O)C1=O. The van der Waals surface area contributed by atoms with Gasteiger partial charge < -0.3 is 9.64 Å². The van der Waals surface area contributed by atoms with E-state index in [1.807, 2.05) is 0 Å². The van der Waals surface area contributed by atoms with E-state index in [4.69, 9.17) is 4.74 Å². The van der Waals surface area contributed by atoms with Crippen LogP contribution in [0.3, 0.4) is 0 Å². The molecule has 1 heterocycles. The second-order valence-electron chi connectivity index (χ2n) is 5.06. The largest absolute Gasteiger partial charge is 0.439 e. The minimum absolute atomic E-state index is 0.0677. The van der Waals surface area contributed by atoms with Crippen molar-refractivity contribution in [3.8, 4) is 0 Å². The number of hydrogen-bond donors (Lipinski definition) is 1. The average molecular weight is 256 g/mol. The van der Waals surface area contributed by atoms with Gasteiger partial charge in [0.25, 0.3) is 0 Å². The first-order chi connectivity index (χ1) is 8.59. The smallest absolute Gasteiger partial charge is 0.346 e. The highest BCUT2D eigenvalue weighted by Crippen LogP contribution is 2.26. The van der Waals surface area contributed by atoms with Crippen LogP contribution in [0.15, 0.2) is 0 Å². The molecule has 0 radical (unpaired) electrons. The van der Waals surface area contributed by atoms with Gasteiger partial charge in [-0.05, 0) is 12.8 Å². The zero-order valence-electron chi connectivity index (χ0n) is 10.7. The Morgan fingerprint density at radius 1 is 1.28 bits per heavy atom. The highest BCUT2D eigenvalue weighted by atomic mass is 16.6. The normalized spacial score (nSPS) is 26.3. The van der Waals surface area contributed by atoms with Gasteiger partial charge in [0.05, 0.1) is 5.92 Å². The van der Waals surface area contributed by atoms with Gasteiger partial charge in [0.2, 0.25) is 6.23 Å². The number of amides is 2. The highest BCUT2D eigenvalue weighted by molar-refractivity contribution is 5.75. The van der Waals surface area contributed by atoms with Crippen molar-refractivity contribution in [3.05, 3.63) is 0 Å². The third-order valence-electron chi connectivity index (χ3n) is 3.70. The quantitative estimate of drug-likeness (QED) is 0.601. The molecule has 1 atom stereocenters. The minimum atomic E-state index is -0.830. The molecule has 0 aromatic rings. The molecule has 102 valence electrons. The molecule has 1 aliphatic heterocycles. The molecule has 0 bridgehead atoms. The van der Waals surface area contributed by atoms with Gasteiger partial charge in [-0.2, -0.15) is 5.06 Å². The van der Waals surface area contributed by atoms with E-state index in [-0.39, 0.29) is 11.9 Å². The zero-order chi connectivity index (χ0) is 13.1. The number of hydroxylamine groups is 2. The number of ether oxygens (including phenoxy) is 1. The van der Waals surface area contributed by atoms with E-state index in [9.17, 15) is 14.8 Å². The van der Waals surface area contributed by atoms with Crippen molar-refractivity contribution < 1.29 is 19.5 Å². The molecule has 0 spiro atoms. The summed E-state index contributed by atoms with van der Waals surface area (Å²) < 4.78 is 5.25. The topological polar surface area (TPSA) is 70.1 Å². The van der Waals surface area contributed by atoms with Gasteiger partial charge in [-0.15, -0.1) is 0 Å². The Morgan fingerprint density at radius 2 is 1.94 bits per heavy atom. The van der Waals surface area contributed by atoms with Gasteiger partial charge in [-0.25, -0.2) is 4.79 Å². The van der Waals surface area contributed by atoms with Crippen LogP contribution in [0.1, 0.15) is 38.5 Å². The third-order valence-corrected chi connectivity index (χ3v) is 3.70. The summed E-state index contributed by atoms with van der Waals surface area (Å²) in [6.45, 7) is 0.485. The van der Waals surface area contributed by atoms with Crippen LogP contribution in [0, 0.1) is 5.92 Å². The second-order valence-corrected chi connectivity index (χ2v) is 5.06. The van der Waals surface area contributed by atoms with Gasteiger partial charge in [-0.1, -0.05) is 19.3 Å². The Kier molecular flexibility index (Phi) is 4.06. The number of rotatable bonds is 2. The second kappa shape index (κ2) is 5.56. The molecular weight excluding hydrogens is 236 g/mol. The van der Waals surface area contributed by atoms with Crippen LogP contribution in [0.2, 0.25) is 0 Å². The van der Waals surface area contributed by atoms with E-state index >= 15 is 0 Å². The fraction of sp³-hybridized carbons (Fsp3) is 0.833. The first kappa shape index (κ1) is 13.1. The van der Waals surface area contributed by atoms with Gasteiger partial charge in [0.15, 0.2) is 0 Å². The first-order valence-corrected chi connectivity index (χ1v) is 6.53. The average Bonchev–Trinajstić information content (AvgIpc) is 2.40. The van der Waals surface area contributed by atoms with Crippen molar-refractivity contribution in [2.75, 3.05) is 13.6 Å². The zero-order valence-corrected chi connectivity index (χ0v) is 10.7. The fourth-order valence-electron chi connectivity index (χ4n) is 2.50. The Balaban J connectivity index is 1.88. The molecule has 1 aliphatic carbocycles. The summed E-state index contributed by atoms with van der Waals surface area (Å²) in [7, 11) is 1.60. The number of esters is 1. The Morgan fingerprint density at radius 3 is 2.61 bits per heavy atom. The van der Waals surface area contributed by atoms with Crippen molar-refractivity contribution in [1.82, 2.24) is 9.96 Å². The molecule has 0 aromatic carbocycles. The van der Waals surface area contributed by atoms with Crippen LogP contribution < -0.4 is 0 Å². The first-order valence-electron chi connectivity index (χ1n) is 6.53. The van der Waals surface area contributed by atoms with Crippen LogP contribution in [-0.4, -0.2) is 47.0 Å². The van der Waals surface area contributed by atoms with E-state index in [2.05, 4.69) is 0 Å². The fourth-order valence-corrected chi connectivity index (χ4v) is 2.50. The summed E-state index contributed by atoms with van der Waals surface area (Å²) >= 11 is 0. The van der Waals surface area contributed by atoms with Crippen LogP contribution in [0.5, 0.6) is 0 Å². The third kappa shape index (κ3) is 2.75. The van der Waals surface area contributed by atoms with Crippen LogP contribution in [0.4, 0.5) is 4.79 Å². The summed E-state index contributed by atoms with van der Waals surface area (Å²) in [5.74, 6) is -0.349. The lowest BCUT2D eigenvalue weighted by molar-refractivity contribution is -0.208. The maximum Gasteiger partial charge on any atom is 0.346 e. The van der Waals surface area contributed by atoms with E-state index in [1.165, 1.54) is 11.3 Å². The maximum absolute atomic E-state index is 11.9. The summed E-state index contributed by atoms with van der Waals surface area (Å²) in [5.41, 5.74) is 0. The van der Waals surface area contributed by atoms with Gasteiger partial charge in [0, 0.05) is 20.0 Å². The summed E-state index contributed by atoms with van der Waals surface area (Å²) in [5, 5.41) is 10.1. The number of hydrogen-bond acceptors (Lipinski definition) is 4. The van der Waals surface area contributed by atoms with Crippen LogP contribution >= 0.6 is 0 Å². The lowest BCUT2D eigenvalue weighted by Crippen LogP contribution is -2.53. The van der Waals surface area contributed by atoms with Crippen molar-refractivity contribution in [2.45, 2.75) is 44.8 Å². The Hall–Kier alpha value is -1.30. The van der Waals surface area contributed by atoms with Crippen LogP contribution in [0.25, 0.3) is 0 Å². The molecule has 1 unspecified atom stereocenters. The van der Waals surface area contributed by atoms with E-state index in [1.54, 1.807) is 7.05 Å². The predicted octanol–water partition coefficient (Wildman–Crippen LogP) is 1.58. The number of carbonyl (C=O) groups is 2. The molecule has 2 rings (SSSR count). The van der Waals surface area contributed by atoms with Gasteiger partial charge >= 0.3 is 12.0 Å². The molecule has 6 nitrogen and oxygen atoms in total. The monoisotopic (exact) mass is 256 g/mol. The van der Waals surface area contributed by atoms with E-state index in [0.29, 0.717) is 18.0 Å². The van der Waals surface area contributed by atoms with E-state index < -0.39 is 12.3 Å². The highest BCUT2D eigenvalue weighted by Gasteiger charge is 2.34. The Bertz CT molecular complexity index is 328. The van der Waals surface area contributed by atoms with Crippen molar-refractivity contribution in [1.29, 1.82) is 0 Å². The van der Waals surface area contributed by atoms with Crippen molar-refractivity contribution in [3.63, 3.8) is 0 Å². The van der Waals surface area contributed by atoms with Crippen molar-refractivity contribution in [2.24, 2.45) is 5.92 Å². The summed E-state index contributed by atoms with van der Waals surface area (Å²) in [6, 6.07) is -0.525. The number of carbonyl (C=O) groups excluding carboxylic acids is 2. The van der Waals surface area contributed by atoms with Crippen LogP contribution in [-0.2, 0) is 9.53 Å². The molecule has 6 heteroatoms. The molecule has 1 saturated heterocycles. The number of nitrogens with zero attached hydrogens (tertiary/aromatic N) is 2. The lowest BCUT2D eigenvalue weighted by atomic mass is 9.89. The molecule has 2 aliphatic rings. The molecule has 2 fully saturated rings. The molecule has 1 N–H and O–H groups in total. The predicted molar refractivity (Wildman–Crippen MR) is 62.7 cm³/mol. The minimum Gasteiger partial charge on any atom is -0.439 e. The molecule has 1 saturated carbocycles.